The Labute approximate surface area is 169 Å². The number of hydrogen-bond donors (Lipinski definition) is 1. The fourth-order valence-corrected chi connectivity index (χ4v) is 3.35. The predicted octanol–water partition coefficient (Wildman–Crippen LogP) is 1.04. The molecule has 0 aromatic heterocycles. The largest absolute Gasteiger partial charge is 0.466 e. The number of nitro groups is 1. The van der Waals surface area contributed by atoms with Crippen LogP contribution in [0.1, 0.15) is 5.56 Å². The molecule has 152 valence electrons. The van der Waals surface area contributed by atoms with E-state index in [4.69, 9.17) is 4.74 Å². The summed E-state index contributed by atoms with van der Waals surface area (Å²) in [6, 6.07) is 4.77. The number of amides is 1. The number of carbonyl (C=O) groups excluding carboxylic acids is 2. The van der Waals surface area contributed by atoms with Gasteiger partial charge in [0.05, 0.1) is 41.9 Å². The molecular formula is C17H17N5O6S. The molecule has 0 atom stereocenters. The second-order valence-electron chi connectivity index (χ2n) is 5.84. The van der Waals surface area contributed by atoms with Gasteiger partial charge in [-0.25, -0.2) is 4.79 Å². The molecule has 0 bridgehead atoms. The molecule has 12 heteroatoms. The summed E-state index contributed by atoms with van der Waals surface area (Å²) in [6.07, 6.45) is 2.30. The summed E-state index contributed by atoms with van der Waals surface area (Å²) in [6.45, 7) is 2.56. The van der Waals surface area contributed by atoms with Gasteiger partial charge in [-0.1, -0.05) is 0 Å². The zero-order chi connectivity index (χ0) is 20.8. The Bertz CT molecular complexity index is 923. The first-order valence-corrected chi connectivity index (χ1v) is 9.30. The number of nitrogens with one attached hydrogen (secondary N) is 1. The third kappa shape index (κ3) is 5.18. The fourth-order valence-electron chi connectivity index (χ4n) is 2.61. The van der Waals surface area contributed by atoms with Gasteiger partial charge in [-0.2, -0.15) is 5.10 Å². The number of amidine groups is 1. The second kappa shape index (κ2) is 9.30. The van der Waals surface area contributed by atoms with Crippen LogP contribution in [0.3, 0.4) is 0 Å². The number of morpholine rings is 1. The molecule has 0 saturated carbocycles. The predicted molar refractivity (Wildman–Crippen MR) is 107 cm³/mol. The number of methoxy groups -OCH3 is 1. The van der Waals surface area contributed by atoms with E-state index in [1.165, 1.54) is 19.4 Å². The monoisotopic (exact) mass is 419 g/mol. The van der Waals surface area contributed by atoms with Gasteiger partial charge in [-0.15, -0.1) is 5.10 Å². The number of benzene rings is 1. The number of anilines is 1. The van der Waals surface area contributed by atoms with E-state index in [2.05, 4.69) is 25.2 Å². The molecule has 11 nitrogen and oxygen atoms in total. The lowest BCUT2D eigenvalue weighted by Crippen LogP contribution is -2.36. The topological polar surface area (TPSA) is 136 Å². The van der Waals surface area contributed by atoms with Gasteiger partial charge in [-0.3, -0.25) is 20.2 Å². The summed E-state index contributed by atoms with van der Waals surface area (Å²) in [7, 11) is 1.20. The van der Waals surface area contributed by atoms with Gasteiger partial charge in [-0.05, 0) is 23.9 Å². The van der Waals surface area contributed by atoms with Gasteiger partial charge < -0.3 is 14.4 Å². The van der Waals surface area contributed by atoms with Gasteiger partial charge in [0.15, 0.2) is 5.17 Å². The van der Waals surface area contributed by atoms with E-state index in [0.717, 1.165) is 23.5 Å². The van der Waals surface area contributed by atoms with Crippen molar-refractivity contribution in [2.45, 2.75) is 0 Å². The van der Waals surface area contributed by atoms with E-state index >= 15 is 0 Å². The standard InChI is InChI=1S/C17H17N5O6S/c1-27-15(23)9-14-16(24)19-17(29-14)20-18-10-11-8-12(2-3-13(11)22(25)26)21-4-6-28-7-5-21/h2-3,8-10H,4-7H2,1H3,(H,19,20,24)/b14-9+,18-10?. The minimum atomic E-state index is -0.664. The Morgan fingerprint density at radius 1 is 1.41 bits per heavy atom. The van der Waals surface area contributed by atoms with Gasteiger partial charge in [0.1, 0.15) is 0 Å². The first-order chi connectivity index (χ1) is 14.0. The van der Waals surface area contributed by atoms with Crippen molar-refractivity contribution in [3.8, 4) is 0 Å². The second-order valence-corrected chi connectivity index (χ2v) is 6.87. The number of nitro benzene ring substituents is 1. The SMILES string of the molecule is COC(=O)/C=C1/S/C(=N\N=Cc2cc(N3CCOCC3)ccc2[N+](=O)[O-])NC1=O. The molecular weight excluding hydrogens is 402 g/mol. The normalized spacial score (nSPS) is 19.8. The quantitative estimate of drug-likeness (QED) is 0.246. The van der Waals surface area contributed by atoms with Crippen LogP contribution in [0.4, 0.5) is 11.4 Å². The number of thioether (sulfide) groups is 1. The molecule has 0 unspecified atom stereocenters. The number of esters is 1. The Kier molecular flexibility index (Phi) is 6.57. The van der Waals surface area contributed by atoms with Crippen LogP contribution in [0, 0.1) is 10.1 Å². The molecule has 0 radical (unpaired) electrons. The van der Waals surface area contributed by atoms with Crippen LogP contribution >= 0.6 is 11.8 Å². The Balaban J connectivity index is 1.79. The van der Waals surface area contributed by atoms with Gasteiger partial charge in [0.25, 0.3) is 11.6 Å². The molecule has 1 amide bonds. The van der Waals surface area contributed by atoms with Crippen LogP contribution < -0.4 is 10.2 Å². The number of nitrogens with zero attached hydrogens (tertiary/aromatic N) is 4. The number of rotatable bonds is 5. The average molecular weight is 419 g/mol. The highest BCUT2D eigenvalue weighted by Crippen LogP contribution is 2.25. The van der Waals surface area contributed by atoms with Crippen molar-refractivity contribution in [1.29, 1.82) is 0 Å². The average Bonchev–Trinajstić information content (AvgIpc) is 3.07. The first kappa shape index (κ1) is 20.5. The van der Waals surface area contributed by atoms with E-state index in [1.807, 2.05) is 0 Å². The van der Waals surface area contributed by atoms with E-state index in [1.54, 1.807) is 12.1 Å². The number of carbonyl (C=O) groups is 2. The van der Waals surface area contributed by atoms with E-state index in [0.29, 0.717) is 26.3 Å². The lowest BCUT2D eigenvalue weighted by Gasteiger charge is -2.28. The maximum absolute atomic E-state index is 11.8. The van der Waals surface area contributed by atoms with Crippen molar-refractivity contribution in [2.75, 3.05) is 38.3 Å². The molecule has 2 aliphatic heterocycles. The minimum absolute atomic E-state index is 0.111. The highest BCUT2D eigenvalue weighted by molar-refractivity contribution is 8.18. The molecule has 0 aliphatic carbocycles. The van der Waals surface area contributed by atoms with Crippen LogP contribution in [0.25, 0.3) is 0 Å². The number of hydrogen-bond acceptors (Lipinski definition) is 10. The Hall–Kier alpha value is -3.25. The molecule has 1 aromatic rings. The van der Waals surface area contributed by atoms with Crippen molar-refractivity contribution in [3.05, 3.63) is 44.9 Å². The van der Waals surface area contributed by atoms with Crippen LogP contribution in [-0.4, -0.2) is 61.6 Å². The van der Waals surface area contributed by atoms with Crippen LogP contribution in [0.15, 0.2) is 39.4 Å². The smallest absolute Gasteiger partial charge is 0.331 e. The summed E-state index contributed by atoms with van der Waals surface area (Å²) < 4.78 is 9.80. The molecule has 2 heterocycles. The van der Waals surface area contributed by atoms with E-state index in [-0.39, 0.29) is 21.3 Å². The molecule has 2 saturated heterocycles. The van der Waals surface area contributed by atoms with Gasteiger partial charge in [0, 0.05) is 30.9 Å². The summed E-state index contributed by atoms with van der Waals surface area (Å²) >= 11 is 0.914. The lowest BCUT2D eigenvalue weighted by molar-refractivity contribution is -0.385. The maximum atomic E-state index is 11.8. The van der Waals surface area contributed by atoms with Crippen LogP contribution in [0.2, 0.25) is 0 Å². The third-order valence-corrected chi connectivity index (χ3v) is 4.93. The molecule has 29 heavy (non-hydrogen) atoms. The molecule has 1 N–H and O–H groups in total. The summed E-state index contributed by atoms with van der Waals surface area (Å²) in [5.41, 5.74) is 0.989. The molecule has 0 spiro atoms. The van der Waals surface area contributed by atoms with Crippen molar-refractivity contribution < 1.29 is 24.0 Å². The van der Waals surface area contributed by atoms with E-state index in [9.17, 15) is 19.7 Å². The van der Waals surface area contributed by atoms with E-state index < -0.39 is 16.8 Å². The van der Waals surface area contributed by atoms with Crippen molar-refractivity contribution >= 4 is 46.4 Å². The molecule has 2 fully saturated rings. The Morgan fingerprint density at radius 3 is 2.86 bits per heavy atom. The van der Waals surface area contributed by atoms with Crippen LogP contribution in [0.5, 0.6) is 0 Å². The highest BCUT2D eigenvalue weighted by atomic mass is 32.2. The van der Waals surface area contributed by atoms with Gasteiger partial charge >= 0.3 is 5.97 Å². The fraction of sp³-hybridized carbons (Fsp3) is 0.294. The van der Waals surface area contributed by atoms with Crippen molar-refractivity contribution in [3.63, 3.8) is 0 Å². The lowest BCUT2D eigenvalue weighted by atomic mass is 10.1. The zero-order valence-corrected chi connectivity index (χ0v) is 16.2. The van der Waals surface area contributed by atoms with Gasteiger partial charge in [0.2, 0.25) is 0 Å². The van der Waals surface area contributed by atoms with Crippen molar-refractivity contribution in [2.24, 2.45) is 10.2 Å². The maximum Gasteiger partial charge on any atom is 0.331 e. The Morgan fingerprint density at radius 2 is 2.17 bits per heavy atom. The highest BCUT2D eigenvalue weighted by Gasteiger charge is 2.25. The summed E-state index contributed by atoms with van der Waals surface area (Å²) in [4.78, 5) is 36.0. The molecule has 1 aromatic carbocycles. The van der Waals surface area contributed by atoms with Crippen LogP contribution in [-0.2, 0) is 19.1 Å². The molecule has 2 aliphatic rings. The minimum Gasteiger partial charge on any atom is -0.466 e. The number of ether oxygens (including phenoxy) is 2. The third-order valence-electron chi connectivity index (χ3n) is 4.03. The zero-order valence-electron chi connectivity index (χ0n) is 15.4. The first-order valence-electron chi connectivity index (χ1n) is 8.49. The van der Waals surface area contributed by atoms with Crippen molar-refractivity contribution in [1.82, 2.24) is 5.32 Å². The summed E-state index contributed by atoms with van der Waals surface area (Å²) in [5, 5.41) is 21.6. The molecule has 3 rings (SSSR count). The summed E-state index contributed by atoms with van der Waals surface area (Å²) in [5.74, 6) is -1.17.